The van der Waals surface area contributed by atoms with Gasteiger partial charge in [0.25, 0.3) is 0 Å². The third-order valence-corrected chi connectivity index (χ3v) is 16.9. The monoisotopic (exact) mass is 1120 g/mol. The predicted octanol–water partition coefficient (Wildman–Crippen LogP) is 23.5. The number of rotatable bonds is 68. The second-order valence-electron chi connectivity index (χ2n) is 24.9. The van der Waals surface area contributed by atoms with E-state index < -0.39 is 12.1 Å². The average Bonchev–Trinajstić information content (AvgIpc) is 3.46. The fraction of sp³-hybridized carbons (Fsp3) is 0.892. The lowest BCUT2D eigenvalue weighted by Gasteiger charge is -2.20. The van der Waals surface area contributed by atoms with Crippen molar-refractivity contribution >= 4 is 11.9 Å². The molecule has 0 saturated carbocycles. The summed E-state index contributed by atoms with van der Waals surface area (Å²) in [5.74, 6) is -0.0554. The minimum atomic E-state index is -0.844. The summed E-state index contributed by atoms with van der Waals surface area (Å²) < 4.78 is 5.47. The number of amides is 1. The number of nitrogens with one attached hydrogen (secondary N) is 1. The van der Waals surface area contributed by atoms with Crippen molar-refractivity contribution in [3.63, 3.8) is 0 Å². The Labute approximate surface area is 500 Å². The van der Waals surface area contributed by atoms with Crippen molar-refractivity contribution in [3.8, 4) is 0 Å². The summed E-state index contributed by atoms with van der Waals surface area (Å²) >= 11 is 0. The van der Waals surface area contributed by atoms with E-state index in [1.807, 2.05) is 6.08 Å². The number of aliphatic hydroxyl groups excluding tert-OH is 2. The number of esters is 1. The summed E-state index contributed by atoms with van der Waals surface area (Å²) in [5, 5.41) is 23.3. The molecule has 0 aromatic heterocycles. The molecule has 0 fully saturated rings. The van der Waals surface area contributed by atoms with Crippen LogP contribution in [0.5, 0.6) is 0 Å². The first kappa shape index (κ1) is 78.1. The minimum Gasteiger partial charge on any atom is -0.466 e. The number of unbranched alkanes of at least 4 members (excludes halogenated alkanes) is 53. The van der Waals surface area contributed by atoms with E-state index in [-0.39, 0.29) is 18.5 Å². The molecule has 0 saturated heterocycles. The van der Waals surface area contributed by atoms with Crippen molar-refractivity contribution in [1.82, 2.24) is 5.32 Å². The number of aliphatic hydroxyl groups is 2. The highest BCUT2D eigenvalue weighted by molar-refractivity contribution is 5.76. The first-order valence-electron chi connectivity index (χ1n) is 36.3. The van der Waals surface area contributed by atoms with Gasteiger partial charge in [0.1, 0.15) is 0 Å². The Morgan fingerprint density at radius 2 is 0.600 bits per heavy atom. The van der Waals surface area contributed by atoms with E-state index >= 15 is 0 Å². The Morgan fingerprint density at radius 3 is 0.925 bits per heavy atom. The van der Waals surface area contributed by atoms with Crippen LogP contribution in [-0.4, -0.2) is 47.4 Å². The van der Waals surface area contributed by atoms with Gasteiger partial charge in [-0.05, 0) is 77.0 Å². The first-order chi connectivity index (χ1) is 39.5. The van der Waals surface area contributed by atoms with E-state index in [1.165, 1.54) is 327 Å². The molecule has 0 aromatic rings. The zero-order chi connectivity index (χ0) is 57.8. The van der Waals surface area contributed by atoms with Crippen molar-refractivity contribution in [1.29, 1.82) is 0 Å². The summed E-state index contributed by atoms with van der Waals surface area (Å²) in [4.78, 5) is 24.5. The summed E-state index contributed by atoms with van der Waals surface area (Å²) in [5.41, 5.74) is 0. The van der Waals surface area contributed by atoms with Gasteiger partial charge in [-0.2, -0.15) is 0 Å². The second-order valence-corrected chi connectivity index (χ2v) is 24.9. The number of allylic oxidation sites excluding steroid dienone is 5. The Bertz CT molecular complexity index is 1300. The van der Waals surface area contributed by atoms with Gasteiger partial charge in [-0.3, -0.25) is 9.59 Å². The van der Waals surface area contributed by atoms with Crippen LogP contribution in [-0.2, 0) is 14.3 Å². The van der Waals surface area contributed by atoms with Crippen molar-refractivity contribution in [2.24, 2.45) is 0 Å². The van der Waals surface area contributed by atoms with Crippen LogP contribution in [0.2, 0.25) is 0 Å². The third-order valence-electron chi connectivity index (χ3n) is 16.9. The minimum absolute atomic E-state index is 0.00658. The lowest BCUT2D eigenvalue weighted by molar-refractivity contribution is -0.143. The standard InChI is InChI=1S/C74H141NO5/c1-3-5-7-9-11-13-15-16-17-18-19-31-34-37-40-43-47-50-54-58-62-66-72(77)71(70-76)75-73(78)67-63-59-55-51-48-44-41-38-35-32-29-27-25-23-21-20-22-24-26-28-30-33-36-39-42-45-49-53-57-61-65-69-80-74(79)68-64-60-56-52-46-14-12-10-8-6-4-2/h10,12,22,24,62,66,71-72,76-77H,3-9,11,13-21,23,25-61,63-65,67-70H2,1-2H3,(H,75,78)/b12-10-,24-22-,66-62+. The molecule has 0 rings (SSSR count). The number of carbonyl (C=O) groups excluding carboxylic acids is 2. The molecule has 3 N–H and O–H groups in total. The van der Waals surface area contributed by atoms with Crippen LogP contribution >= 0.6 is 0 Å². The number of hydrogen-bond acceptors (Lipinski definition) is 5. The Kier molecular flexibility index (Phi) is 67.9. The summed E-state index contributed by atoms with van der Waals surface area (Å²) in [7, 11) is 0. The lowest BCUT2D eigenvalue weighted by atomic mass is 10.0. The van der Waals surface area contributed by atoms with Gasteiger partial charge in [0.05, 0.1) is 25.4 Å². The quantitative estimate of drug-likeness (QED) is 0.0320. The fourth-order valence-corrected chi connectivity index (χ4v) is 11.3. The molecule has 0 aliphatic carbocycles. The topological polar surface area (TPSA) is 95.9 Å². The highest BCUT2D eigenvalue weighted by Gasteiger charge is 2.18. The van der Waals surface area contributed by atoms with E-state index in [2.05, 4.69) is 43.5 Å². The Hall–Kier alpha value is -1.92. The molecule has 2 unspecified atom stereocenters. The van der Waals surface area contributed by atoms with Crippen molar-refractivity contribution in [3.05, 3.63) is 36.5 Å². The molecule has 0 aliphatic rings. The normalized spacial score (nSPS) is 12.7. The van der Waals surface area contributed by atoms with E-state index in [0.29, 0.717) is 19.4 Å². The average molecular weight is 1120 g/mol. The molecule has 80 heavy (non-hydrogen) atoms. The maximum absolute atomic E-state index is 12.5. The fourth-order valence-electron chi connectivity index (χ4n) is 11.3. The molecule has 0 radical (unpaired) electrons. The van der Waals surface area contributed by atoms with E-state index in [4.69, 9.17) is 4.74 Å². The van der Waals surface area contributed by atoms with Crippen molar-refractivity contribution < 1.29 is 24.5 Å². The molecule has 0 bridgehead atoms. The highest BCUT2D eigenvalue weighted by atomic mass is 16.5. The van der Waals surface area contributed by atoms with Gasteiger partial charge >= 0.3 is 5.97 Å². The third kappa shape index (κ3) is 65.2. The highest BCUT2D eigenvalue weighted by Crippen LogP contribution is 2.19. The summed E-state index contributed by atoms with van der Waals surface area (Å²) in [6.45, 7) is 4.90. The largest absolute Gasteiger partial charge is 0.466 e. The maximum atomic E-state index is 12.5. The molecule has 0 aliphatic heterocycles. The lowest BCUT2D eigenvalue weighted by Crippen LogP contribution is -2.45. The zero-order valence-corrected chi connectivity index (χ0v) is 54.1. The van der Waals surface area contributed by atoms with E-state index in [9.17, 15) is 19.8 Å². The van der Waals surface area contributed by atoms with Crippen molar-refractivity contribution in [2.75, 3.05) is 13.2 Å². The van der Waals surface area contributed by atoms with Crippen LogP contribution in [0, 0.1) is 0 Å². The molecule has 1 amide bonds. The Morgan fingerprint density at radius 1 is 0.338 bits per heavy atom. The van der Waals surface area contributed by atoms with Crippen LogP contribution in [0.1, 0.15) is 399 Å². The van der Waals surface area contributed by atoms with Gasteiger partial charge in [0, 0.05) is 12.8 Å². The molecular formula is C74H141NO5. The second kappa shape index (κ2) is 69.6. The number of carbonyl (C=O) groups is 2. The van der Waals surface area contributed by atoms with Crippen LogP contribution in [0.25, 0.3) is 0 Å². The molecule has 472 valence electrons. The molecule has 0 spiro atoms. The number of hydrogen-bond donors (Lipinski definition) is 3. The van der Waals surface area contributed by atoms with Crippen LogP contribution in [0.3, 0.4) is 0 Å². The van der Waals surface area contributed by atoms with Gasteiger partial charge in [-0.1, -0.05) is 346 Å². The SMILES string of the molecule is CCCC/C=C\CCCCCCCC(=O)OCCCCCCCCCCCCCC/C=C\CCCCCCCCCCCCCCCCCC(=O)NC(CO)C(O)/C=C/CCCCCCCCCCCCCCCCCCCCC. The summed E-state index contributed by atoms with van der Waals surface area (Å²) in [6, 6.07) is -0.627. The van der Waals surface area contributed by atoms with Gasteiger partial charge in [-0.15, -0.1) is 0 Å². The maximum Gasteiger partial charge on any atom is 0.305 e. The van der Waals surface area contributed by atoms with Crippen molar-refractivity contribution in [2.45, 2.75) is 411 Å². The molecule has 2 atom stereocenters. The predicted molar refractivity (Wildman–Crippen MR) is 352 cm³/mol. The van der Waals surface area contributed by atoms with E-state index in [0.717, 1.165) is 44.9 Å². The molecule has 6 nitrogen and oxygen atoms in total. The number of ether oxygens (including phenoxy) is 1. The Balaban J connectivity index is 3.39. The van der Waals surface area contributed by atoms with Crippen LogP contribution in [0.15, 0.2) is 36.5 Å². The van der Waals surface area contributed by atoms with Gasteiger partial charge in [0.2, 0.25) is 5.91 Å². The summed E-state index contributed by atoms with van der Waals surface area (Å²) in [6.07, 6.45) is 89.5. The molecule has 6 heteroatoms. The smallest absolute Gasteiger partial charge is 0.305 e. The van der Waals surface area contributed by atoms with Crippen LogP contribution < -0.4 is 5.32 Å². The first-order valence-corrected chi connectivity index (χ1v) is 36.3. The molecule has 0 heterocycles. The van der Waals surface area contributed by atoms with E-state index in [1.54, 1.807) is 6.08 Å². The van der Waals surface area contributed by atoms with Gasteiger partial charge in [0.15, 0.2) is 0 Å². The molecular weight excluding hydrogens is 983 g/mol. The van der Waals surface area contributed by atoms with Gasteiger partial charge in [-0.25, -0.2) is 0 Å². The van der Waals surface area contributed by atoms with Gasteiger partial charge < -0.3 is 20.3 Å². The van der Waals surface area contributed by atoms with Crippen LogP contribution in [0.4, 0.5) is 0 Å². The molecule has 0 aromatic carbocycles. The zero-order valence-electron chi connectivity index (χ0n) is 54.1.